The van der Waals surface area contributed by atoms with E-state index in [0.29, 0.717) is 5.82 Å². The minimum absolute atomic E-state index is 0.107. The number of nitrogens with zero attached hydrogens (tertiary/aromatic N) is 3. The molecule has 1 aromatic carbocycles. The van der Waals surface area contributed by atoms with E-state index < -0.39 is 0 Å². The highest BCUT2D eigenvalue weighted by Crippen LogP contribution is 2.29. The summed E-state index contributed by atoms with van der Waals surface area (Å²) >= 11 is 0. The van der Waals surface area contributed by atoms with Crippen LogP contribution in [0.25, 0.3) is 21.9 Å². The zero-order valence-corrected chi connectivity index (χ0v) is 14.7. The van der Waals surface area contributed by atoms with Gasteiger partial charge in [-0.15, -0.1) is 0 Å². The number of benzene rings is 1. The molecule has 4 rings (SSSR count). The predicted octanol–water partition coefficient (Wildman–Crippen LogP) is 4.51. The van der Waals surface area contributed by atoms with Crippen LogP contribution in [0.1, 0.15) is 45.4 Å². The van der Waals surface area contributed by atoms with Gasteiger partial charge in [0.2, 0.25) is 5.91 Å². The summed E-state index contributed by atoms with van der Waals surface area (Å²) in [4.78, 5) is 17.4. The Labute approximate surface area is 147 Å². The predicted molar refractivity (Wildman–Crippen MR) is 101 cm³/mol. The van der Waals surface area contributed by atoms with Crippen molar-refractivity contribution in [3.05, 3.63) is 30.3 Å². The summed E-state index contributed by atoms with van der Waals surface area (Å²) in [5, 5.41) is 9.74. The van der Waals surface area contributed by atoms with Crippen LogP contribution in [0.3, 0.4) is 0 Å². The third-order valence-electron chi connectivity index (χ3n) is 5.08. The summed E-state index contributed by atoms with van der Waals surface area (Å²) in [7, 11) is 0. The first-order chi connectivity index (χ1) is 12.3. The molecule has 1 aliphatic carbocycles. The fraction of sp³-hybridized carbons (Fsp3) is 0.450. The highest BCUT2D eigenvalue weighted by atomic mass is 16.2. The van der Waals surface area contributed by atoms with Crippen molar-refractivity contribution >= 4 is 33.7 Å². The van der Waals surface area contributed by atoms with Crippen molar-refractivity contribution in [2.24, 2.45) is 5.92 Å². The third-order valence-corrected chi connectivity index (χ3v) is 5.08. The van der Waals surface area contributed by atoms with Gasteiger partial charge < -0.3 is 5.32 Å². The van der Waals surface area contributed by atoms with Crippen LogP contribution in [0.15, 0.2) is 30.3 Å². The summed E-state index contributed by atoms with van der Waals surface area (Å²) < 4.78 is 1.91. The number of fused-ring (bicyclic) bond motifs is 2. The Morgan fingerprint density at radius 2 is 2.04 bits per heavy atom. The van der Waals surface area contributed by atoms with E-state index in [0.717, 1.165) is 60.6 Å². The highest BCUT2D eigenvalue weighted by Gasteiger charge is 2.23. The maximum absolute atomic E-state index is 12.7. The lowest BCUT2D eigenvalue weighted by Crippen LogP contribution is -2.25. The fourth-order valence-corrected chi connectivity index (χ4v) is 3.74. The van der Waals surface area contributed by atoms with Crippen molar-refractivity contribution in [2.45, 2.75) is 52.0 Å². The van der Waals surface area contributed by atoms with Crippen LogP contribution in [0.2, 0.25) is 0 Å². The molecule has 0 radical (unpaired) electrons. The molecule has 0 spiro atoms. The quantitative estimate of drug-likeness (QED) is 0.762. The Morgan fingerprint density at radius 1 is 1.24 bits per heavy atom. The van der Waals surface area contributed by atoms with E-state index in [1.165, 1.54) is 6.42 Å². The number of hydrogen-bond acceptors (Lipinski definition) is 3. The van der Waals surface area contributed by atoms with Crippen LogP contribution < -0.4 is 5.32 Å². The molecule has 0 unspecified atom stereocenters. The SMILES string of the molecule is CCCn1nc(NC(=O)C2CCCCC2)c2cc3ccccc3nc21. The number of amides is 1. The van der Waals surface area contributed by atoms with Gasteiger partial charge in [0.25, 0.3) is 0 Å². The highest BCUT2D eigenvalue weighted by molar-refractivity contribution is 6.03. The minimum atomic E-state index is 0.107. The van der Waals surface area contributed by atoms with E-state index in [1.54, 1.807) is 0 Å². The second kappa shape index (κ2) is 6.82. The van der Waals surface area contributed by atoms with Gasteiger partial charge in [-0.1, -0.05) is 44.4 Å². The van der Waals surface area contributed by atoms with E-state index >= 15 is 0 Å². The Balaban J connectivity index is 1.74. The minimum Gasteiger partial charge on any atom is -0.308 e. The summed E-state index contributed by atoms with van der Waals surface area (Å²) in [6.07, 6.45) is 6.49. The summed E-state index contributed by atoms with van der Waals surface area (Å²) in [6, 6.07) is 10.2. The number of hydrogen-bond donors (Lipinski definition) is 1. The van der Waals surface area contributed by atoms with Crippen LogP contribution in [0.4, 0.5) is 5.82 Å². The standard InChI is InChI=1S/C20H24N4O/c1-2-12-24-19-16(13-15-10-6-7-11-17(15)21-19)18(23-24)22-20(25)14-8-4-3-5-9-14/h6-7,10-11,13-14H,2-5,8-9,12H2,1H3,(H,22,23,25). The van der Waals surface area contributed by atoms with Crippen LogP contribution in [-0.2, 0) is 11.3 Å². The molecule has 2 aromatic heterocycles. The van der Waals surface area contributed by atoms with Gasteiger partial charge in [0.05, 0.1) is 10.9 Å². The molecule has 0 aliphatic heterocycles. The lowest BCUT2D eigenvalue weighted by Gasteiger charge is -2.20. The van der Waals surface area contributed by atoms with Gasteiger partial charge in [-0.05, 0) is 31.4 Å². The van der Waals surface area contributed by atoms with Crippen molar-refractivity contribution < 1.29 is 4.79 Å². The van der Waals surface area contributed by atoms with Crippen LogP contribution in [-0.4, -0.2) is 20.7 Å². The van der Waals surface area contributed by atoms with Crippen molar-refractivity contribution in [1.82, 2.24) is 14.8 Å². The van der Waals surface area contributed by atoms with Crippen LogP contribution >= 0.6 is 0 Å². The summed E-state index contributed by atoms with van der Waals surface area (Å²) in [6.45, 7) is 2.91. The third kappa shape index (κ3) is 3.11. The molecule has 25 heavy (non-hydrogen) atoms. The molecule has 1 saturated carbocycles. The molecule has 5 heteroatoms. The Kier molecular flexibility index (Phi) is 4.38. The van der Waals surface area contributed by atoms with Crippen LogP contribution in [0, 0.1) is 5.92 Å². The van der Waals surface area contributed by atoms with Crippen molar-refractivity contribution in [1.29, 1.82) is 0 Å². The Morgan fingerprint density at radius 3 is 2.84 bits per heavy atom. The van der Waals surface area contributed by atoms with Gasteiger partial charge in [0.15, 0.2) is 11.5 Å². The first kappa shape index (κ1) is 16.1. The molecule has 0 saturated heterocycles. The molecule has 0 atom stereocenters. The van der Waals surface area contributed by atoms with E-state index in [-0.39, 0.29) is 11.8 Å². The van der Waals surface area contributed by atoms with Gasteiger partial charge in [-0.3, -0.25) is 4.79 Å². The molecule has 2 heterocycles. The number of carbonyl (C=O) groups is 1. The maximum Gasteiger partial charge on any atom is 0.228 e. The Bertz CT molecular complexity index is 909. The average Bonchev–Trinajstić information content (AvgIpc) is 2.97. The second-order valence-corrected chi connectivity index (χ2v) is 6.95. The van der Waals surface area contributed by atoms with Gasteiger partial charge >= 0.3 is 0 Å². The largest absolute Gasteiger partial charge is 0.308 e. The normalized spacial score (nSPS) is 15.7. The molecule has 3 aromatic rings. The number of rotatable bonds is 4. The lowest BCUT2D eigenvalue weighted by molar-refractivity contribution is -0.120. The van der Waals surface area contributed by atoms with E-state index in [2.05, 4.69) is 23.4 Å². The topological polar surface area (TPSA) is 59.8 Å². The number of aryl methyl sites for hydroxylation is 1. The van der Waals surface area contributed by atoms with Crippen molar-refractivity contribution in [3.8, 4) is 0 Å². The smallest absolute Gasteiger partial charge is 0.228 e. The monoisotopic (exact) mass is 336 g/mol. The zero-order valence-electron chi connectivity index (χ0n) is 14.7. The molecule has 1 amide bonds. The molecular formula is C20H24N4O. The first-order valence-corrected chi connectivity index (χ1v) is 9.33. The number of carbonyl (C=O) groups excluding carboxylic acids is 1. The fourth-order valence-electron chi connectivity index (χ4n) is 3.74. The number of aromatic nitrogens is 3. The molecule has 5 nitrogen and oxygen atoms in total. The first-order valence-electron chi connectivity index (χ1n) is 9.33. The molecule has 1 aliphatic rings. The number of anilines is 1. The zero-order chi connectivity index (χ0) is 17.2. The number of pyridine rings is 1. The molecule has 1 fully saturated rings. The van der Waals surface area contributed by atoms with Gasteiger partial charge in [-0.25, -0.2) is 9.67 Å². The van der Waals surface area contributed by atoms with Crippen molar-refractivity contribution in [3.63, 3.8) is 0 Å². The van der Waals surface area contributed by atoms with E-state index in [9.17, 15) is 4.79 Å². The van der Waals surface area contributed by atoms with E-state index in [4.69, 9.17) is 4.98 Å². The molecular weight excluding hydrogens is 312 g/mol. The second-order valence-electron chi connectivity index (χ2n) is 6.95. The number of para-hydroxylation sites is 1. The number of nitrogens with one attached hydrogen (secondary N) is 1. The molecule has 0 bridgehead atoms. The summed E-state index contributed by atoms with van der Waals surface area (Å²) in [5.74, 6) is 0.877. The Hall–Kier alpha value is -2.43. The molecule has 1 N–H and O–H groups in total. The van der Waals surface area contributed by atoms with E-state index in [1.807, 2.05) is 28.9 Å². The van der Waals surface area contributed by atoms with Gasteiger partial charge in [0, 0.05) is 17.8 Å². The lowest BCUT2D eigenvalue weighted by atomic mass is 9.89. The summed E-state index contributed by atoms with van der Waals surface area (Å²) in [5.41, 5.74) is 1.80. The van der Waals surface area contributed by atoms with Gasteiger partial charge in [-0.2, -0.15) is 5.10 Å². The molecule has 130 valence electrons. The van der Waals surface area contributed by atoms with Gasteiger partial charge in [0.1, 0.15) is 0 Å². The van der Waals surface area contributed by atoms with Crippen LogP contribution in [0.5, 0.6) is 0 Å². The average molecular weight is 336 g/mol. The maximum atomic E-state index is 12.7. The van der Waals surface area contributed by atoms with Crippen molar-refractivity contribution in [2.75, 3.05) is 5.32 Å².